The van der Waals surface area contributed by atoms with Crippen LogP contribution in [0.4, 0.5) is 0 Å². The number of β-lactam (4-membered cyclic amide) rings is 1. The molecule has 0 aromatic carbocycles. The lowest BCUT2D eigenvalue weighted by Crippen LogP contribution is -2.65. The van der Waals surface area contributed by atoms with Gasteiger partial charge < -0.3 is 25.4 Å². The molecule has 3 saturated heterocycles. The molecule has 0 unspecified atom stereocenters. The summed E-state index contributed by atoms with van der Waals surface area (Å²) in [5.41, 5.74) is 5.43. The van der Waals surface area contributed by atoms with Gasteiger partial charge in [-0.05, 0) is 32.6 Å². The van der Waals surface area contributed by atoms with E-state index in [1.54, 1.807) is 6.34 Å². The van der Waals surface area contributed by atoms with Crippen molar-refractivity contribution in [2.45, 2.75) is 48.9 Å². The molecule has 3 atom stereocenters. The average Bonchev–Trinajstić information content (AvgIpc) is 2.85. The molecule has 3 rings (SSSR count). The van der Waals surface area contributed by atoms with Crippen molar-refractivity contribution in [1.29, 1.82) is 0 Å². The van der Waals surface area contributed by atoms with Gasteiger partial charge in [-0.25, -0.2) is 4.79 Å². The van der Waals surface area contributed by atoms with E-state index < -0.39 is 22.8 Å². The normalized spacial score (nSPS) is 30.2. The van der Waals surface area contributed by atoms with Crippen LogP contribution in [0.3, 0.4) is 0 Å². The van der Waals surface area contributed by atoms with E-state index in [0.29, 0.717) is 19.1 Å². The molecule has 0 saturated carbocycles. The first kappa shape index (κ1) is 22.3. The highest BCUT2D eigenvalue weighted by atomic mass is 35.5. The maximum atomic E-state index is 12.4. The number of likely N-dealkylation sites (tertiary alicyclic amines) is 1. The van der Waals surface area contributed by atoms with Gasteiger partial charge in [-0.2, -0.15) is 0 Å². The fourth-order valence-electron chi connectivity index (χ4n) is 3.86. The molecule has 3 aliphatic heterocycles. The van der Waals surface area contributed by atoms with Crippen LogP contribution in [0.2, 0.25) is 0 Å². The SMILES string of the molecule is CC1(C)S[C@@H]2[C@H](N=CN3CCC(COCCN)CC3)C(=O)N2[C@H]1C(=O)O.Cl. The van der Waals surface area contributed by atoms with Gasteiger partial charge in [-0.1, -0.05) is 0 Å². The quantitative estimate of drug-likeness (QED) is 0.269. The summed E-state index contributed by atoms with van der Waals surface area (Å²) in [6.07, 6.45) is 3.85. The Kier molecular flexibility index (Phi) is 7.40. The van der Waals surface area contributed by atoms with E-state index in [2.05, 4.69) is 9.89 Å². The smallest absolute Gasteiger partial charge is 0.327 e. The molecule has 3 N–H and O–H groups in total. The summed E-state index contributed by atoms with van der Waals surface area (Å²) in [7, 11) is 0. The fraction of sp³-hybridized carbons (Fsp3) is 0.824. The van der Waals surface area contributed by atoms with E-state index in [-0.39, 0.29) is 23.7 Å². The molecule has 3 heterocycles. The molecule has 10 heteroatoms. The highest BCUT2D eigenvalue weighted by Gasteiger charge is 2.63. The van der Waals surface area contributed by atoms with Crippen LogP contribution in [0.1, 0.15) is 26.7 Å². The van der Waals surface area contributed by atoms with Gasteiger partial charge in [-0.3, -0.25) is 9.79 Å². The van der Waals surface area contributed by atoms with Crippen LogP contribution < -0.4 is 5.73 Å². The lowest BCUT2D eigenvalue weighted by Gasteiger charge is -2.41. The van der Waals surface area contributed by atoms with E-state index in [0.717, 1.165) is 32.5 Å². The van der Waals surface area contributed by atoms with Crippen molar-refractivity contribution in [3.05, 3.63) is 0 Å². The number of amides is 1. The Morgan fingerprint density at radius 3 is 2.70 bits per heavy atom. The Bertz CT molecular complexity index is 583. The largest absolute Gasteiger partial charge is 0.480 e. The minimum absolute atomic E-state index is 0. The van der Waals surface area contributed by atoms with Crippen molar-refractivity contribution in [3.63, 3.8) is 0 Å². The number of nitrogens with zero attached hydrogens (tertiary/aromatic N) is 3. The molecule has 0 aliphatic carbocycles. The molecular weight excluding hydrogens is 392 g/mol. The van der Waals surface area contributed by atoms with Gasteiger partial charge in [-0.15, -0.1) is 24.2 Å². The number of aliphatic imine (C=N–C) groups is 1. The second-order valence-corrected chi connectivity index (χ2v) is 9.42. The number of piperidine rings is 1. The Labute approximate surface area is 170 Å². The summed E-state index contributed by atoms with van der Waals surface area (Å²) in [5, 5.41) is 9.27. The third-order valence-corrected chi connectivity index (χ3v) is 6.86. The standard InChI is InChI=1S/C17H28N4O4S.ClH/c1-17(2)13(16(23)24)21-14(22)12(15(21)26-17)19-10-20-6-3-11(4-7-20)9-25-8-5-18;/h10-13,15H,3-9,18H2,1-2H3,(H,23,24);1H/t12-,13+,15-;/m1./s1. The molecule has 27 heavy (non-hydrogen) atoms. The zero-order valence-electron chi connectivity index (χ0n) is 15.7. The van der Waals surface area contributed by atoms with Crippen LogP contribution in [-0.4, -0.2) is 88.2 Å². The molecule has 3 aliphatic rings. The monoisotopic (exact) mass is 420 g/mol. The first-order chi connectivity index (χ1) is 12.3. The Hall–Kier alpha value is -1.03. The highest BCUT2D eigenvalue weighted by molar-refractivity contribution is 8.01. The Morgan fingerprint density at radius 2 is 2.11 bits per heavy atom. The summed E-state index contributed by atoms with van der Waals surface area (Å²) in [6, 6.07) is -1.24. The third-order valence-electron chi connectivity index (χ3n) is 5.30. The van der Waals surface area contributed by atoms with Crippen LogP contribution in [0.25, 0.3) is 0 Å². The van der Waals surface area contributed by atoms with Crippen molar-refractivity contribution in [2.24, 2.45) is 16.6 Å². The van der Waals surface area contributed by atoms with Gasteiger partial charge in [0.05, 0.1) is 12.9 Å². The van der Waals surface area contributed by atoms with E-state index in [9.17, 15) is 14.7 Å². The van der Waals surface area contributed by atoms with Crippen LogP contribution in [-0.2, 0) is 14.3 Å². The number of carbonyl (C=O) groups excluding carboxylic acids is 1. The highest BCUT2D eigenvalue weighted by Crippen LogP contribution is 2.51. The van der Waals surface area contributed by atoms with E-state index in [1.807, 2.05) is 13.8 Å². The second-order valence-electron chi connectivity index (χ2n) is 7.65. The van der Waals surface area contributed by atoms with Gasteiger partial charge in [0.15, 0.2) is 6.04 Å². The zero-order valence-corrected chi connectivity index (χ0v) is 17.4. The number of ether oxygens (including phenoxy) is 1. The number of hydrogen-bond donors (Lipinski definition) is 2. The topological polar surface area (TPSA) is 108 Å². The first-order valence-corrected chi connectivity index (χ1v) is 10.0. The van der Waals surface area contributed by atoms with E-state index >= 15 is 0 Å². The van der Waals surface area contributed by atoms with Crippen LogP contribution in [0.5, 0.6) is 0 Å². The maximum absolute atomic E-state index is 12.4. The molecule has 1 amide bonds. The average molecular weight is 421 g/mol. The van der Waals surface area contributed by atoms with Crippen LogP contribution in [0, 0.1) is 5.92 Å². The fourth-order valence-corrected chi connectivity index (χ4v) is 5.48. The van der Waals surface area contributed by atoms with Gasteiger partial charge in [0.1, 0.15) is 11.4 Å². The second kappa shape index (κ2) is 8.98. The number of thioether (sulfide) groups is 1. The summed E-state index contributed by atoms with van der Waals surface area (Å²) < 4.78 is 5.01. The van der Waals surface area contributed by atoms with Gasteiger partial charge in [0, 0.05) is 31.0 Å². The van der Waals surface area contributed by atoms with Crippen molar-refractivity contribution >= 4 is 42.4 Å². The molecule has 154 valence electrons. The number of hydrogen-bond acceptors (Lipinski definition) is 6. The molecular formula is C17H29ClN4O4S. The van der Waals surface area contributed by atoms with E-state index in [1.165, 1.54) is 16.7 Å². The Morgan fingerprint density at radius 1 is 1.44 bits per heavy atom. The minimum atomic E-state index is -0.945. The van der Waals surface area contributed by atoms with E-state index in [4.69, 9.17) is 10.5 Å². The van der Waals surface area contributed by atoms with Crippen LogP contribution in [0.15, 0.2) is 4.99 Å². The number of carboxylic acids is 1. The number of carboxylic acid groups (broad SMARTS) is 1. The van der Waals surface area contributed by atoms with Crippen molar-refractivity contribution < 1.29 is 19.4 Å². The number of halogens is 1. The summed E-state index contributed by atoms with van der Waals surface area (Å²) in [6.45, 7) is 7.45. The lowest BCUT2D eigenvalue weighted by molar-refractivity contribution is -0.158. The summed E-state index contributed by atoms with van der Waals surface area (Å²) >= 11 is 1.53. The van der Waals surface area contributed by atoms with Gasteiger partial charge in [0.2, 0.25) is 0 Å². The first-order valence-electron chi connectivity index (χ1n) is 9.13. The van der Waals surface area contributed by atoms with Crippen LogP contribution >= 0.6 is 24.2 Å². The minimum Gasteiger partial charge on any atom is -0.480 e. The van der Waals surface area contributed by atoms with Crippen molar-refractivity contribution in [2.75, 3.05) is 32.8 Å². The molecule has 8 nitrogen and oxygen atoms in total. The maximum Gasteiger partial charge on any atom is 0.327 e. The molecule has 0 aromatic heterocycles. The van der Waals surface area contributed by atoms with Gasteiger partial charge in [0.25, 0.3) is 5.91 Å². The summed E-state index contributed by atoms with van der Waals surface area (Å²) in [5.74, 6) is -0.573. The van der Waals surface area contributed by atoms with Gasteiger partial charge >= 0.3 is 5.97 Å². The molecule has 0 bridgehead atoms. The predicted molar refractivity (Wildman–Crippen MR) is 107 cm³/mol. The summed E-state index contributed by atoms with van der Waals surface area (Å²) in [4.78, 5) is 32.0. The number of carbonyl (C=O) groups is 2. The number of nitrogens with two attached hydrogens (primary N) is 1. The molecule has 3 fully saturated rings. The number of fused-ring (bicyclic) bond motifs is 1. The zero-order chi connectivity index (χ0) is 18.9. The molecule has 0 radical (unpaired) electrons. The number of aliphatic carboxylic acids is 1. The Balaban J connectivity index is 0.00000261. The van der Waals surface area contributed by atoms with Crippen molar-refractivity contribution in [3.8, 4) is 0 Å². The molecule has 0 aromatic rings. The number of rotatable bonds is 7. The predicted octanol–water partition coefficient (Wildman–Crippen LogP) is 0.639. The molecule has 0 spiro atoms. The third kappa shape index (κ3) is 4.52. The lowest BCUT2D eigenvalue weighted by atomic mass is 9.96. The van der Waals surface area contributed by atoms with Crippen molar-refractivity contribution in [1.82, 2.24) is 9.80 Å².